The van der Waals surface area contributed by atoms with Crippen LogP contribution in [0, 0.1) is 6.92 Å². The Labute approximate surface area is 145 Å². The van der Waals surface area contributed by atoms with E-state index in [1.807, 2.05) is 13.1 Å². The van der Waals surface area contributed by atoms with Crippen LogP contribution in [0.25, 0.3) is 10.9 Å². The highest BCUT2D eigenvalue weighted by Gasteiger charge is 2.27. The number of anilines is 1. The number of nitrogens with one attached hydrogen (secondary N) is 3. The van der Waals surface area contributed by atoms with Crippen molar-refractivity contribution in [2.24, 2.45) is 0 Å². The van der Waals surface area contributed by atoms with Gasteiger partial charge >= 0.3 is 6.03 Å². The number of aryl methyl sites for hydroxylation is 1. The van der Waals surface area contributed by atoms with Crippen molar-refractivity contribution >= 4 is 22.8 Å². The fraction of sp³-hybridized carbons (Fsp3) is 0.389. The maximum absolute atomic E-state index is 12.3. The Balaban J connectivity index is 1.39. The fourth-order valence-electron chi connectivity index (χ4n) is 3.14. The van der Waals surface area contributed by atoms with E-state index in [4.69, 9.17) is 0 Å². The second kappa shape index (κ2) is 6.23. The zero-order valence-electron chi connectivity index (χ0n) is 14.4. The van der Waals surface area contributed by atoms with Crippen molar-refractivity contribution in [3.63, 3.8) is 0 Å². The molecule has 130 valence electrons. The summed E-state index contributed by atoms with van der Waals surface area (Å²) in [5.74, 6) is 0.648. The number of benzene rings is 1. The van der Waals surface area contributed by atoms with Gasteiger partial charge in [-0.2, -0.15) is 0 Å². The molecule has 0 bridgehead atoms. The number of H-pyrrole nitrogens is 1. The van der Waals surface area contributed by atoms with E-state index in [0.29, 0.717) is 11.9 Å². The Morgan fingerprint density at radius 2 is 2.28 bits per heavy atom. The van der Waals surface area contributed by atoms with Crippen LogP contribution in [0.1, 0.15) is 36.9 Å². The van der Waals surface area contributed by atoms with E-state index in [1.165, 1.54) is 16.5 Å². The van der Waals surface area contributed by atoms with E-state index in [9.17, 15) is 4.79 Å². The van der Waals surface area contributed by atoms with Gasteiger partial charge in [-0.05, 0) is 50.8 Å². The number of rotatable bonds is 5. The normalized spacial score (nSPS) is 15.3. The third kappa shape index (κ3) is 3.35. The molecule has 1 aromatic carbocycles. The zero-order valence-corrected chi connectivity index (χ0v) is 14.4. The molecule has 1 fully saturated rings. The molecule has 7 nitrogen and oxygen atoms in total. The number of carbonyl (C=O) groups is 1. The molecule has 3 aromatic rings. The SMILES string of the molecule is Cc1ccc2[nH]cc(CC(C)NC(=O)Nc3cnnn3C3CC3)c2c1. The fourth-order valence-corrected chi connectivity index (χ4v) is 3.14. The number of urea groups is 1. The lowest BCUT2D eigenvalue weighted by Crippen LogP contribution is -2.37. The number of aromatic amines is 1. The number of carbonyl (C=O) groups excluding carboxylic acids is 1. The number of amides is 2. The molecule has 0 aliphatic heterocycles. The summed E-state index contributed by atoms with van der Waals surface area (Å²) in [5.41, 5.74) is 3.56. The highest BCUT2D eigenvalue weighted by Crippen LogP contribution is 2.35. The van der Waals surface area contributed by atoms with E-state index in [-0.39, 0.29) is 12.1 Å². The quantitative estimate of drug-likeness (QED) is 0.668. The van der Waals surface area contributed by atoms with Crippen LogP contribution in [0.2, 0.25) is 0 Å². The van der Waals surface area contributed by atoms with Crippen molar-refractivity contribution in [3.05, 3.63) is 41.7 Å². The van der Waals surface area contributed by atoms with Crippen molar-refractivity contribution in [2.75, 3.05) is 5.32 Å². The Morgan fingerprint density at radius 3 is 3.08 bits per heavy atom. The third-order valence-corrected chi connectivity index (χ3v) is 4.54. The van der Waals surface area contributed by atoms with Gasteiger partial charge in [-0.25, -0.2) is 9.48 Å². The number of fused-ring (bicyclic) bond motifs is 1. The van der Waals surface area contributed by atoms with Gasteiger partial charge in [0.15, 0.2) is 5.82 Å². The first kappa shape index (κ1) is 15.7. The van der Waals surface area contributed by atoms with Crippen LogP contribution in [0.5, 0.6) is 0 Å². The monoisotopic (exact) mass is 338 g/mol. The molecule has 3 N–H and O–H groups in total. The molecular formula is C18H22N6O. The van der Waals surface area contributed by atoms with Crippen molar-refractivity contribution in [1.82, 2.24) is 25.3 Å². The molecular weight excluding hydrogens is 316 g/mol. The molecule has 2 heterocycles. The molecule has 4 rings (SSSR count). The average Bonchev–Trinajstić information content (AvgIpc) is 3.20. The molecule has 1 aliphatic carbocycles. The van der Waals surface area contributed by atoms with Gasteiger partial charge in [-0.1, -0.05) is 16.8 Å². The summed E-state index contributed by atoms with van der Waals surface area (Å²) >= 11 is 0. The van der Waals surface area contributed by atoms with E-state index in [0.717, 1.165) is 24.8 Å². The van der Waals surface area contributed by atoms with E-state index < -0.39 is 0 Å². The zero-order chi connectivity index (χ0) is 17.4. The highest BCUT2D eigenvalue weighted by atomic mass is 16.2. The van der Waals surface area contributed by atoms with Gasteiger partial charge in [0.05, 0.1) is 12.2 Å². The lowest BCUT2D eigenvalue weighted by atomic mass is 10.0. The molecule has 0 saturated heterocycles. The highest BCUT2D eigenvalue weighted by molar-refractivity contribution is 5.88. The summed E-state index contributed by atoms with van der Waals surface area (Å²) < 4.78 is 1.78. The molecule has 1 saturated carbocycles. The van der Waals surface area contributed by atoms with E-state index >= 15 is 0 Å². The van der Waals surface area contributed by atoms with Gasteiger partial charge in [0.2, 0.25) is 0 Å². The van der Waals surface area contributed by atoms with Gasteiger partial charge in [0.1, 0.15) is 0 Å². The van der Waals surface area contributed by atoms with Gasteiger partial charge in [0, 0.05) is 23.1 Å². The average molecular weight is 338 g/mol. The molecule has 7 heteroatoms. The molecule has 1 unspecified atom stereocenters. The number of hydrogen-bond acceptors (Lipinski definition) is 3. The van der Waals surface area contributed by atoms with Crippen molar-refractivity contribution < 1.29 is 4.79 Å². The van der Waals surface area contributed by atoms with Crippen molar-refractivity contribution in [1.29, 1.82) is 0 Å². The standard InChI is InChI=1S/C18H22N6O/c1-11-3-6-16-15(7-11)13(9-19-16)8-12(2)21-18(25)22-17-10-20-23-24(17)14-4-5-14/h3,6-7,9-10,12,14,19H,4-5,8H2,1-2H3,(H2,21,22,25). The molecule has 2 amide bonds. The summed E-state index contributed by atoms with van der Waals surface area (Å²) in [6.07, 6.45) is 6.56. The first-order chi connectivity index (χ1) is 12.1. The van der Waals surface area contributed by atoms with Crippen LogP contribution in [0.4, 0.5) is 10.6 Å². The first-order valence-electron chi connectivity index (χ1n) is 8.64. The van der Waals surface area contributed by atoms with E-state index in [2.05, 4.69) is 51.1 Å². The molecule has 1 atom stereocenters. The van der Waals surface area contributed by atoms with Gasteiger partial charge in [0.25, 0.3) is 0 Å². The lowest BCUT2D eigenvalue weighted by Gasteiger charge is -2.14. The van der Waals surface area contributed by atoms with Crippen LogP contribution in [-0.4, -0.2) is 32.1 Å². The second-order valence-corrected chi connectivity index (χ2v) is 6.86. The lowest BCUT2D eigenvalue weighted by molar-refractivity contribution is 0.249. The molecule has 2 aromatic heterocycles. The minimum absolute atomic E-state index is 0.00441. The van der Waals surface area contributed by atoms with Crippen LogP contribution in [0.3, 0.4) is 0 Å². The van der Waals surface area contributed by atoms with Gasteiger partial charge < -0.3 is 10.3 Å². The largest absolute Gasteiger partial charge is 0.361 e. The summed E-state index contributed by atoms with van der Waals surface area (Å²) in [6.45, 7) is 4.09. The van der Waals surface area contributed by atoms with Crippen LogP contribution < -0.4 is 10.6 Å². The number of nitrogens with zero attached hydrogens (tertiary/aromatic N) is 3. The first-order valence-corrected chi connectivity index (χ1v) is 8.64. The third-order valence-electron chi connectivity index (χ3n) is 4.54. The summed E-state index contributed by atoms with van der Waals surface area (Å²) in [6, 6.07) is 6.51. The maximum Gasteiger partial charge on any atom is 0.320 e. The number of hydrogen-bond donors (Lipinski definition) is 3. The Kier molecular flexibility index (Phi) is 3.91. The molecule has 0 radical (unpaired) electrons. The molecule has 1 aliphatic rings. The molecule has 25 heavy (non-hydrogen) atoms. The maximum atomic E-state index is 12.3. The predicted octanol–water partition coefficient (Wildman–Crippen LogP) is 3.16. The van der Waals surface area contributed by atoms with Crippen LogP contribution in [-0.2, 0) is 6.42 Å². The van der Waals surface area contributed by atoms with Gasteiger partial charge in [-0.3, -0.25) is 5.32 Å². The molecule has 0 spiro atoms. The summed E-state index contributed by atoms with van der Waals surface area (Å²) in [5, 5.41) is 15.0. The second-order valence-electron chi connectivity index (χ2n) is 6.86. The smallest absolute Gasteiger partial charge is 0.320 e. The Bertz CT molecular complexity index is 907. The van der Waals surface area contributed by atoms with Crippen LogP contribution in [0.15, 0.2) is 30.6 Å². The van der Waals surface area contributed by atoms with Crippen LogP contribution >= 0.6 is 0 Å². The van der Waals surface area contributed by atoms with Crippen molar-refractivity contribution in [3.8, 4) is 0 Å². The Morgan fingerprint density at radius 1 is 1.44 bits per heavy atom. The number of aromatic nitrogens is 4. The van der Waals surface area contributed by atoms with E-state index in [1.54, 1.807) is 10.9 Å². The Hall–Kier alpha value is -2.83. The van der Waals surface area contributed by atoms with Gasteiger partial charge in [-0.15, -0.1) is 5.10 Å². The predicted molar refractivity (Wildman–Crippen MR) is 96.6 cm³/mol. The van der Waals surface area contributed by atoms with Crippen molar-refractivity contribution in [2.45, 2.75) is 45.2 Å². The minimum atomic E-state index is -0.229. The summed E-state index contributed by atoms with van der Waals surface area (Å²) in [7, 11) is 0. The minimum Gasteiger partial charge on any atom is -0.361 e. The topological polar surface area (TPSA) is 87.6 Å². The summed E-state index contributed by atoms with van der Waals surface area (Å²) in [4.78, 5) is 15.6.